The Hall–Kier alpha value is -2.78. The Balaban J connectivity index is 1.51. The molecule has 5 rings (SSSR count). The van der Waals surface area contributed by atoms with Gasteiger partial charge in [-0.2, -0.15) is 4.31 Å². The minimum absolute atomic E-state index is 0.189. The van der Waals surface area contributed by atoms with Crippen molar-refractivity contribution in [3.8, 4) is 0 Å². The zero-order valence-electron chi connectivity index (χ0n) is 23.5. The smallest absolute Gasteiger partial charge is 0.306 e. The zero-order chi connectivity index (χ0) is 27.7. The van der Waals surface area contributed by atoms with Gasteiger partial charge in [-0.15, -0.1) is 5.10 Å². The molecule has 2 heterocycles. The number of aryl methyl sites for hydroxylation is 3. The number of aromatic nitrogens is 3. The highest BCUT2D eigenvalue weighted by atomic mass is 32.2. The number of fused-ring (bicyclic) bond motifs is 2. The van der Waals surface area contributed by atoms with E-state index in [0.29, 0.717) is 31.5 Å². The summed E-state index contributed by atoms with van der Waals surface area (Å²) in [7, 11) is -1.47. The molecule has 0 spiro atoms. The number of nitrogens with zero attached hydrogens (tertiary/aromatic N) is 4. The van der Waals surface area contributed by atoms with Crippen molar-refractivity contribution < 1.29 is 17.9 Å². The van der Waals surface area contributed by atoms with Crippen molar-refractivity contribution in [1.82, 2.24) is 19.3 Å². The second-order valence-corrected chi connectivity index (χ2v) is 13.4. The molecule has 2 aliphatic rings. The third kappa shape index (κ3) is 5.75. The summed E-state index contributed by atoms with van der Waals surface area (Å²) in [4.78, 5) is 12.8. The van der Waals surface area contributed by atoms with Crippen molar-refractivity contribution >= 4 is 27.0 Å². The molecule has 3 aromatic rings. The van der Waals surface area contributed by atoms with Crippen LogP contribution in [0.2, 0.25) is 0 Å². The molecule has 1 saturated heterocycles. The van der Waals surface area contributed by atoms with E-state index in [9.17, 15) is 13.2 Å². The van der Waals surface area contributed by atoms with E-state index in [-0.39, 0.29) is 24.1 Å². The molecule has 39 heavy (non-hydrogen) atoms. The zero-order valence-corrected chi connectivity index (χ0v) is 24.3. The van der Waals surface area contributed by atoms with Gasteiger partial charge in [-0.1, -0.05) is 48.7 Å². The van der Waals surface area contributed by atoms with Crippen LogP contribution < -0.4 is 0 Å². The molecule has 0 N–H and O–H groups in total. The third-order valence-electron chi connectivity index (χ3n) is 8.90. The van der Waals surface area contributed by atoms with E-state index in [1.807, 2.05) is 46.0 Å². The van der Waals surface area contributed by atoms with Gasteiger partial charge in [0.05, 0.1) is 24.3 Å². The highest BCUT2D eigenvalue weighted by molar-refractivity contribution is 7.89. The molecule has 1 saturated carbocycles. The van der Waals surface area contributed by atoms with Gasteiger partial charge < -0.3 is 4.74 Å². The predicted molar refractivity (Wildman–Crippen MR) is 152 cm³/mol. The predicted octanol–water partition coefficient (Wildman–Crippen LogP) is 5.01. The fourth-order valence-corrected chi connectivity index (χ4v) is 8.17. The molecule has 0 radical (unpaired) electrons. The van der Waals surface area contributed by atoms with Crippen molar-refractivity contribution in [3.63, 3.8) is 0 Å². The molecular weight excluding hydrogens is 512 g/mol. The highest BCUT2D eigenvalue weighted by Gasteiger charge is 2.36. The maximum absolute atomic E-state index is 13.3. The average molecular weight is 553 g/mol. The van der Waals surface area contributed by atoms with Crippen LogP contribution in [0, 0.1) is 25.7 Å². The number of esters is 1. The lowest BCUT2D eigenvalue weighted by Crippen LogP contribution is -2.35. The molecule has 9 heteroatoms. The Labute approximate surface area is 231 Å². The standard InChI is InChI=1S/C30H40N4O4S/c1-5-38-29(35)17-27(26-12-13-28-30(21(26)3)31-32-33(28)4)23-11-10-20(2)25(16-23)19-34-18-24-9-7-6-8-22(24)14-15-39(34,36)37/h10-13,16,22,24,27H,5-9,14-15,17-19H2,1-4H3. The quantitative estimate of drug-likeness (QED) is 0.383. The Morgan fingerprint density at radius 1 is 1.10 bits per heavy atom. The van der Waals surface area contributed by atoms with E-state index in [4.69, 9.17) is 4.74 Å². The summed E-state index contributed by atoms with van der Waals surface area (Å²) in [5.74, 6) is 0.673. The van der Waals surface area contributed by atoms with E-state index in [1.165, 1.54) is 12.8 Å². The van der Waals surface area contributed by atoms with Gasteiger partial charge in [0.2, 0.25) is 10.0 Å². The second-order valence-electron chi connectivity index (χ2n) is 11.3. The number of hydrogen-bond acceptors (Lipinski definition) is 6. The minimum Gasteiger partial charge on any atom is -0.466 e. The van der Waals surface area contributed by atoms with Gasteiger partial charge in [-0.3, -0.25) is 4.79 Å². The summed E-state index contributed by atoms with van der Waals surface area (Å²) in [5, 5.41) is 8.53. The molecule has 0 bridgehead atoms. The fraction of sp³-hybridized carbons (Fsp3) is 0.567. The van der Waals surface area contributed by atoms with Crippen molar-refractivity contribution in [2.24, 2.45) is 18.9 Å². The van der Waals surface area contributed by atoms with Crippen molar-refractivity contribution in [2.75, 3.05) is 18.9 Å². The molecule has 8 nitrogen and oxygen atoms in total. The van der Waals surface area contributed by atoms with Gasteiger partial charge in [0, 0.05) is 26.1 Å². The fourth-order valence-electron chi connectivity index (χ4n) is 6.56. The maximum Gasteiger partial charge on any atom is 0.306 e. The first-order valence-electron chi connectivity index (χ1n) is 14.2. The number of hydrogen-bond donors (Lipinski definition) is 0. The summed E-state index contributed by atoms with van der Waals surface area (Å²) in [6.45, 7) is 7.15. The largest absolute Gasteiger partial charge is 0.466 e. The van der Waals surface area contributed by atoms with Crippen LogP contribution in [0.4, 0.5) is 0 Å². The van der Waals surface area contributed by atoms with Crippen LogP contribution in [0.25, 0.3) is 11.0 Å². The molecule has 210 valence electrons. The van der Waals surface area contributed by atoms with Crippen LogP contribution in [0.1, 0.15) is 79.2 Å². The van der Waals surface area contributed by atoms with Gasteiger partial charge in [0.25, 0.3) is 0 Å². The van der Waals surface area contributed by atoms with E-state index in [1.54, 1.807) is 8.99 Å². The molecule has 3 atom stereocenters. The number of carbonyl (C=O) groups is 1. The summed E-state index contributed by atoms with van der Waals surface area (Å²) < 4.78 is 35.5. The van der Waals surface area contributed by atoms with Crippen molar-refractivity contribution in [2.45, 2.75) is 71.8 Å². The lowest BCUT2D eigenvalue weighted by Gasteiger charge is -2.31. The normalized spacial score (nSPS) is 22.3. The first kappa shape index (κ1) is 27.8. The first-order chi connectivity index (χ1) is 18.7. The van der Waals surface area contributed by atoms with Crippen LogP contribution in [0.3, 0.4) is 0 Å². The van der Waals surface area contributed by atoms with Crippen molar-refractivity contribution in [1.29, 1.82) is 0 Å². The highest BCUT2D eigenvalue weighted by Crippen LogP contribution is 2.38. The third-order valence-corrected chi connectivity index (χ3v) is 10.7. The molecule has 1 aliphatic carbocycles. The molecule has 2 aromatic carbocycles. The molecule has 2 fully saturated rings. The number of benzene rings is 2. The van der Waals surface area contributed by atoms with Gasteiger partial charge in [-0.05, 0) is 79.3 Å². The number of ether oxygens (including phenoxy) is 1. The lowest BCUT2D eigenvalue weighted by atomic mass is 9.78. The Bertz CT molecular complexity index is 1470. The number of sulfonamides is 1. The second kappa shape index (κ2) is 11.4. The van der Waals surface area contributed by atoms with Gasteiger partial charge in [0.1, 0.15) is 5.52 Å². The van der Waals surface area contributed by atoms with Gasteiger partial charge in [0.15, 0.2) is 0 Å². The van der Waals surface area contributed by atoms with E-state index in [0.717, 1.165) is 58.1 Å². The van der Waals surface area contributed by atoms with Crippen LogP contribution in [-0.2, 0) is 33.1 Å². The summed E-state index contributed by atoms with van der Waals surface area (Å²) in [5.41, 5.74) is 6.73. The molecule has 0 amide bonds. The van der Waals surface area contributed by atoms with Crippen molar-refractivity contribution in [3.05, 3.63) is 58.1 Å². The van der Waals surface area contributed by atoms with Gasteiger partial charge >= 0.3 is 5.97 Å². The molecule has 1 aromatic heterocycles. The van der Waals surface area contributed by atoms with Crippen LogP contribution in [0.15, 0.2) is 30.3 Å². The van der Waals surface area contributed by atoms with Gasteiger partial charge in [-0.25, -0.2) is 13.1 Å². The average Bonchev–Trinajstić information content (AvgIpc) is 3.23. The minimum atomic E-state index is -3.33. The maximum atomic E-state index is 13.3. The van der Waals surface area contributed by atoms with Crippen LogP contribution in [-0.4, -0.2) is 52.6 Å². The van der Waals surface area contributed by atoms with Crippen LogP contribution in [0.5, 0.6) is 0 Å². The van der Waals surface area contributed by atoms with E-state index >= 15 is 0 Å². The Kier molecular flexibility index (Phi) is 8.10. The number of rotatable bonds is 7. The Morgan fingerprint density at radius 2 is 1.87 bits per heavy atom. The number of carbonyl (C=O) groups excluding carboxylic acids is 1. The molecule has 1 aliphatic heterocycles. The topological polar surface area (TPSA) is 94.4 Å². The lowest BCUT2D eigenvalue weighted by molar-refractivity contribution is -0.143. The van der Waals surface area contributed by atoms with E-state index in [2.05, 4.69) is 22.4 Å². The van der Waals surface area contributed by atoms with Crippen LogP contribution >= 0.6 is 0 Å². The molecule has 3 unspecified atom stereocenters. The summed E-state index contributed by atoms with van der Waals surface area (Å²) in [6.07, 6.45) is 5.62. The SMILES string of the molecule is CCOC(=O)CC(c1ccc(C)c(CN2CC3CCCCC3CCS2(=O)=O)c1)c1ccc2c(nnn2C)c1C. The Morgan fingerprint density at radius 3 is 2.64 bits per heavy atom. The molecular formula is C30H40N4O4S. The first-order valence-corrected chi connectivity index (χ1v) is 15.8. The summed E-state index contributed by atoms with van der Waals surface area (Å²) >= 11 is 0. The van der Waals surface area contributed by atoms with E-state index < -0.39 is 10.0 Å². The monoisotopic (exact) mass is 552 g/mol. The summed E-state index contributed by atoms with van der Waals surface area (Å²) in [6, 6.07) is 10.2.